The molecule has 0 aromatic heterocycles. The maximum atomic E-state index is 2.38. The Balaban J connectivity index is 3.00. The second-order valence-electron chi connectivity index (χ2n) is 3.25. The Hall–Kier alpha value is 0.259. The molecule has 0 saturated heterocycles. The average molecular weight is 233 g/mol. The van der Waals surface area contributed by atoms with Gasteiger partial charge < -0.3 is 0 Å². The fourth-order valence-electron chi connectivity index (χ4n) is 1.16. The van der Waals surface area contributed by atoms with Crippen LogP contribution in [0.3, 0.4) is 0 Å². The Morgan fingerprint density at radius 2 is 2.00 bits per heavy atom. The molecule has 0 nitrogen and oxygen atoms in total. The molecular weight excluding hydrogens is 211 g/mol. The Bertz CT molecular complexity index is 108. The van der Waals surface area contributed by atoms with Crippen molar-refractivity contribution in [3.05, 3.63) is 12.2 Å². The molecule has 0 aliphatic rings. The summed E-state index contributed by atoms with van der Waals surface area (Å²) in [6.45, 7) is 4.48. The Kier molecular flexibility index (Phi) is 9.55. The molecule has 1 heteroatoms. The monoisotopic (exact) mass is 234 g/mol. The van der Waals surface area contributed by atoms with Crippen LogP contribution in [-0.2, 0) is 0 Å². The van der Waals surface area contributed by atoms with Gasteiger partial charge in [-0.25, -0.2) is 0 Å². The molecule has 0 aliphatic heterocycles. The van der Waals surface area contributed by atoms with Crippen LogP contribution in [0, 0.1) is 0 Å². The molecule has 1 atom stereocenters. The van der Waals surface area contributed by atoms with Crippen LogP contribution in [0.15, 0.2) is 12.2 Å². The van der Waals surface area contributed by atoms with E-state index >= 15 is 0 Å². The molecule has 12 heavy (non-hydrogen) atoms. The molecule has 0 saturated carbocycles. The minimum atomic E-state index is 0.864. The fourth-order valence-corrected chi connectivity index (χ4v) is 2.00. The topological polar surface area (TPSA) is 0 Å². The van der Waals surface area contributed by atoms with E-state index in [4.69, 9.17) is 0 Å². The summed E-state index contributed by atoms with van der Waals surface area (Å²) in [6.07, 6.45) is 11.4. The molecular formula is C11H22Se. The van der Waals surface area contributed by atoms with Gasteiger partial charge in [0.25, 0.3) is 0 Å². The van der Waals surface area contributed by atoms with Crippen molar-refractivity contribution in [2.75, 3.05) is 0 Å². The molecule has 0 aromatic rings. The van der Waals surface area contributed by atoms with Crippen LogP contribution in [-0.4, -0.2) is 15.0 Å². The van der Waals surface area contributed by atoms with Crippen molar-refractivity contribution in [1.82, 2.24) is 0 Å². The molecule has 0 N–H and O–H groups in total. The zero-order valence-electron chi connectivity index (χ0n) is 8.68. The van der Waals surface area contributed by atoms with Gasteiger partial charge in [0.15, 0.2) is 0 Å². The zero-order chi connectivity index (χ0) is 9.23. The van der Waals surface area contributed by atoms with Gasteiger partial charge in [-0.1, -0.05) is 0 Å². The van der Waals surface area contributed by atoms with E-state index in [1.54, 1.807) is 0 Å². The summed E-state index contributed by atoms with van der Waals surface area (Å²) < 4.78 is 0. The van der Waals surface area contributed by atoms with E-state index in [-0.39, 0.29) is 0 Å². The van der Waals surface area contributed by atoms with E-state index in [9.17, 15) is 0 Å². The number of unbranched alkanes of at least 4 members (excludes halogenated alkanes) is 3. The molecule has 0 amide bonds. The molecule has 0 aliphatic carbocycles. The van der Waals surface area contributed by atoms with Crippen molar-refractivity contribution in [3.63, 3.8) is 0 Å². The predicted octanol–water partition coefficient (Wildman–Crippen LogP) is 4.07. The van der Waals surface area contributed by atoms with Crippen molar-refractivity contribution in [1.29, 1.82) is 0 Å². The van der Waals surface area contributed by atoms with Crippen LogP contribution in [0.2, 0.25) is 10.6 Å². The third kappa shape index (κ3) is 8.36. The molecule has 0 radical (unpaired) electrons. The third-order valence-electron chi connectivity index (χ3n) is 2.12. The summed E-state index contributed by atoms with van der Waals surface area (Å²) in [7, 11) is 0. The number of hydrogen-bond donors (Lipinski definition) is 0. The summed E-state index contributed by atoms with van der Waals surface area (Å²) >= 11 is 0.864. The summed E-state index contributed by atoms with van der Waals surface area (Å²) in [5, 5.41) is 0. The third-order valence-corrected chi connectivity index (χ3v) is 4.30. The van der Waals surface area contributed by atoms with Crippen LogP contribution in [0.25, 0.3) is 0 Å². The molecule has 0 fully saturated rings. The van der Waals surface area contributed by atoms with Crippen molar-refractivity contribution in [2.24, 2.45) is 0 Å². The van der Waals surface area contributed by atoms with Gasteiger partial charge >= 0.3 is 83.7 Å². The molecule has 72 valence electrons. The summed E-state index contributed by atoms with van der Waals surface area (Å²) in [5.41, 5.74) is 0. The standard InChI is InChI=1S/C11H22Se/c1-4-5-6-7-8-9-10-11(2)12-3/h4-5,11H,6-10H2,1-3H3. The summed E-state index contributed by atoms with van der Waals surface area (Å²) in [4.78, 5) is 0.999. The molecule has 0 aromatic carbocycles. The van der Waals surface area contributed by atoms with Crippen molar-refractivity contribution < 1.29 is 0 Å². The van der Waals surface area contributed by atoms with Gasteiger partial charge in [-0.2, -0.15) is 0 Å². The van der Waals surface area contributed by atoms with E-state index < -0.39 is 0 Å². The first-order valence-electron chi connectivity index (χ1n) is 4.95. The Morgan fingerprint density at radius 1 is 1.25 bits per heavy atom. The Labute approximate surface area is 84.0 Å². The maximum absolute atomic E-state index is 2.38. The van der Waals surface area contributed by atoms with Crippen molar-refractivity contribution in [2.45, 2.75) is 56.6 Å². The van der Waals surface area contributed by atoms with Crippen LogP contribution >= 0.6 is 0 Å². The average Bonchev–Trinajstić information content (AvgIpc) is 2.10. The van der Waals surface area contributed by atoms with Gasteiger partial charge in [-0.3, -0.25) is 0 Å². The van der Waals surface area contributed by atoms with Crippen LogP contribution < -0.4 is 0 Å². The first-order valence-corrected chi connectivity index (χ1v) is 7.65. The number of allylic oxidation sites excluding steroid dienone is 2. The molecule has 1 unspecified atom stereocenters. The van der Waals surface area contributed by atoms with E-state index in [2.05, 4.69) is 31.8 Å². The van der Waals surface area contributed by atoms with Gasteiger partial charge in [-0.15, -0.1) is 0 Å². The predicted molar refractivity (Wildman–Crippen MR) is 58.9 cm³/mol. The zero-order valence-corrected chi connectivity index (χ0v) is 10.4. The second-order valence-corrected chi connectivity index (χ2v) is 5.93. The molecule has 0 rings (SSSR count). The summed E-state index contributed by atoms with van der Waals surface area (Å²) in [6, 6.07) is 0. The van der Waals surface area contributed by atoms with E-state index in [0.717, 1.165) is 19.8 Å². The van der Waals surface area contributed by atoms with Crippen molar-refractivity contribution >= 4 is 15.0 Å². The number of rotatable bonds is 7. The first kappa shape index (κ1) is 12.3. The quantitative estimate of drug-likeness (QED) is 0.353. The molecule has 0 bridgehead atoms. The van der Waals surface area contributed by atoms with E-state index in [1.165, 1.54) is 32.1 Å². The van der Waals surface area contributed by atoms with Gasteiger partial charge in [-0.05, 0) is 0 Å². The second kappa shape index (κ2) is 9.35. The van der Waals surface area contributed by atoms with Crippen molar-refractivity contribution in [3.8, 4) is 0 Å². The molecule has 0 spiro atoms. The van der Waals surface area contributed by atoms with Crippen LogP contribution in [0.1, 0.15) is 46.0 Å². The summed E-state index contributed by atoms with van der Waals surface area (Å²) in [5.74, 6) is 2.34. The SMILES string of the molecule is CC=CCCCCCC(C)[Se]C. The number of hydrogen-bond acceptors (Lipinski definition) is 0. The first-order chi connectivity index (χ1) is 5.81. The van der Waals surface area contributed by atoms with Gasteiger partial charge in [0.1, 0.15) is 0 Å². The fraction of sp³-hybridized carbons (Fsp3) is 0.818. The normalized spacial score (nSPS) is 13.9. The molecule has 0 heterocycles. The van der Waals surface area contributed by atoms with Gasteiger partial charge in [0.2, 0.25) is 0 Å². The minimum absolute atomic E-state index is 0.864. The van der Waals surface area contributed by atoms with Gasteiger partial charge in [0, 0.05) is 0 Å². The van der Waals surface area contributed by atoms with Gasteiger partial charge in [0.05, 0.1) is 0 Å². The van der Waals surface area contributed by atoms with Crippen LogP contribution in [0.5, 0.6) is 0 Å². The Morgan fingerprint density at radius 3 is 2.58 bits per heavy atom. The van der Waals surface area contributed by atoms with E-state index in [1.807, 2.05) is 0 Å². The van der Waals surface area contributed by atoms with Crippen LogP contribution in [0.4, 0.5) is 0 Å². The van der Waals surface area contributed by atoms with E-state index in [0.29, 0.717) is 0 Å².